The Balaban J connectivity index is 2.62. The van der Waals surface area contributed by atoms with Crippen LogP contribution in [0.2, 0.25) is 0 Å². The van der Waals surface area contributed by atoms with Gasteiger partial charge in [0.1, 0.15) is 0 Å². The van der Waals surface area contributed by atoms with Crippen molar-refractivity contribution in [2.45, 2.75) is 25.8 Å². The van der Waals surface area contributed by atoms with E-state index in [0.717, 1.165) is 19.6 Å². The average Bonchev–Trinajstić information content (AvgIpc) is 2.37. The highest BCUT2D eigenvalue weighted by molar-refractivity contribution is 5.34. The molecule has 1 fully saturated rings. The fraction of sp³-hybridized carbons (Fsp3) is 0.875. The van der Waals surface area contributed by atoms with Crippen LogP contribution in [0.1, 0.15) is 20.3 Å². The van der Waals surface area contributed by atoms with Gasteiger partial charge in [0.15, 0.2) is 0 Å². The minimum atomic E-state index is -0.293. The third-order valence-corrected chi connectivity index (χ3v) is 2.26. The lowest BCUT2D eigenvalue weighted by Gasteiger charge is -2.23. The van der Waals surface area contributed by atoms with Crippen LogP contribution >= 0.6 is 0 Å². The third-order valence-electron chi connectivity index (χ3n) is 2.26. The fourth-order valence-electron chi connectivity index (χ4n) is 1.30. The Morgan fingerprint density at radius 1 is 1.64 bits per heavy atom. The van der Waals surface area contributed by atoms with E-state index in [2.05, 4.69) is 4.99 Å². The second kappa shape index (κ2) is 3.16. The van der Waals surface area contributed by atoms with Crippen molar-refractivity contribution in [3.05, 3.63) is 0 Å². The molecule has 1 saturated heterocycles. The summed E-state index contributed by atoms with van der Waals surface area (Å²) in [6, 6.07) is 0. The summed E-state index contributed by atoms with van der Waals surface area (Å²) in [4.78, 5) is 13.8. The van der Waals surface area contributed by atoms with Crippen molar-refractivity contribution < 1.29 is 9.53 Å². The van der Waals surface area contributed by atoms with Gasteiger partial charge in [-0.3, -0.25) is 0 Å². The highest BCUT2D eigenvalue weighted by Gasteiger charge is 2.32. The van der Waals surface area contributed by atoms with E-state index in [4.69, 9.17) is 4.74 Å². The van der Waals surface area contributed by atoms with Gasteiger partial charge in [-0.1, -0.05) is 0 Å². The molecule has 0 aromatic carbocycles. The molecule has 3 heteroatoms. The average molecular weight is 155 g/mol. The third kappa shape index (κ3) is 1.88. The number of ether oxygens (including phenoxy) is 1. The zero-order valence-corrected chi connectivity index (χ0v) is 6.96. The van der Waals surface area contributed by atoms with Crippen molar-refractivity contribution in [1.29, 1.82) is 0 Å². The number of carbonyl (C=O) groups excluding carboxylic acids is 1. The van der Waals surface area contributed by atoms with Crippen molar-refractivity contribution in [2.75, 3.05) is 13.2 Å². The number of rotatable bonds is 2. The largest absolute Gasteiger partial charge is 0.381 e. The maximum absolute atomic E-state index is 10.0. The van der Waals surface area contributed by atoms with Gasteiger partial charge in [-0.25, -0.2) is 4.79 Å². The summed E-state index contributed by atoms with van der Waals surface area (Å²) in [5.74, 6) is 0.379. The van der Waals surface area contributed by atoms with Gasteiger partial charge >= 0.3 is 0 Å². The molecule has 62 valence electrons. The molecule has 0 saturated carbocycles. The first-order chi connectivity index (χ1) is 5.17. The van der Waals surface area contributed by atoms with Gasteiger partial charge < -0.3 is 4.74 Å². The molecular formula is C8H13NO2. The summed E-state index contributed by atoms with van der Waals surface area (Å²) in [6.45, 7) is 5.40. The summed E-state index contributed by atoms with van der Waals surface area (Å²) in [7, 11) is 0. The van der Waals surface area contributed by atoms with Crippen molar-refractivity contribution in [2.24, 2.45) is 10.9 Å². The van der Waals surface area contributed by atoms with Crippen molar-refractivity contribution in [1.82, 2.24) is 0 Å². The van der Waals surface area contributed by atoms with E-state index in [0.29, 0.717) is 5.92 Å². The molecule has 0 aliphatic carbocycles. The minimum absolute atomic E-state index is 0.293. The molecule has 0 aromatic rings. The zero-order chi connectivity index (χ0) is 8.32. The molecule has 1 aliphatic heterocycles. The van der Waals surface area contributed by atoms with Crippen LogP contribution in [0, 0.1) is 5.92 Å². The molecule has 11 heavy (non-hydrogen) atoms. The van der Waals surface area contributed by atoms with E-state index < -0.39 is 0 Å². The van der Waals surface area contributed by atoms with E-state index >= 15 is 0 Å². The van der Waals surface area contributed by atoms with Crippen LogP contribution in [0.4, 0.5) is 0 Å². The van der Waals surface area contributed by atoms with Gasteiger partial charge in [-0.15, -0.1) is 0 Å². The van der Waals surface area contributed by atoms with Gasteiger partial charge in [0, 0.05) is 12.5 Å². The summed E-state index contributed by atoms with van der Waals surface area (Å²) < 4.78 is 5.20. The molecule has 1 unspecified atom stereocenters. The SMILES string of the molecule is CC(C)(N=C=O)C1CCOC1. The van der Waals surface area contributed by atoms with Gasteiger partial charge in [-0.05, 0) is 20.3 Å². The molecule has 0 aromatic heterocycles. The van der Waals surface area contributed by atoms with Crippen LogP contribution in [-0.4, -0.2) is 24.8 Å². The molecule has 0 spiro atoms. The van der Waals surface area contributed by atoms with Crippen LogP contribution in [0.3, 0.4) is 0 Å². The highest BCUT2D eigenvalue weighted by Crippen LogP contribution is 2.28. The van der Waals surface area contributed by atoms with Crippen molar-refractivity contribution in [3.63, 3.8) is 0 Å². The summed E-state index contributed by atoms with van der Waals surface area (Å²) in [6.07, 6.45) is 2.60. The van der Waals surface area contributed by atoms with Crippen LogP contribution in [-0.2, 0) is 9.53 Å². The fourth-order valence-corrected chi connectivity index (χ4v) is 1.30. The number of isocyanates is 1. The summed E-state index contributed by atoms with van der Waals surface area (Å²) in [5, 5.41) is 0. The van der Waals surface area contributed by atoms with Gasteiger partial charge in [0.25, 0.3) is 0 Å². The molecule has 1 rings (SSSR count). The maximum atomic E-state index is 10.0. The number of hydrogen-bond acceptors (Lipinski definition) is 3. The molecule has 0 radical (unpaired) electrons. The van der Waals surface area contributed by atoms with Gasteiger partial charge in [-0.2, -0.15) is 4.99 Å². The maximum Gasteiger partial charge on any atom is 0.235 e. The Hall–Kier alpha value is -0.660. The van der Waals surface area contributed by atoms with E-state index in [1.807, 2.05) is 13.8 Å². The monoisotopic (exact) mass is 155 g/mol. The van der Waals surface area contributed by atoms with Crippen LogP contribution < -0.4 is 0 Å². The molecular weight excluding hydrogens is 142 g/mol. The van der Waals surface area contributed by atoms with E-state index in [1.165, 1.54) is 0 Å². The molecule has 3 nitrogen and oxygen atoms in total. The Labute approximate surface area is 66.5 Å². The van der Waals surface area contributed by atoms with Gasteiger partial charge in [0.05, 0.1) is 12.1 Å². The lowest BCUT2D eigenvalue weighted by Crippen LogP contribution is -2.29. The first kappa shape index (κ1) is 8.44. The molecule has 0 N–H and O–H groups in total. The van der Waals surface area contributed by atoms with Crippen LogP contribution in [0.15, 0.2) is 4.99 Å². The first-order valence-corrected chi connectivity index (χ1v) is 3.83. The lowest BCUT2D eigenvalue weighted by molar-refractivity contribution is 0.170. The van der Waals surface area contributed by atoms with E-state index in [-0.39, 0.29) is 5.54 Å². The van der Waals surface area contributed by atoms with Crippen LogP contribution in [0.5, 0.6) is 0 Å². The van der Waals surface area contributed by atoms with E-state index in [1.54, 1.807) is 6.08 Å². The Morgan fingerprint density at radius 3 is 2.82 bits per heavy atom. The first-order valence-electron chi connectivity index (χ1n) is 3.83. The van der Waals surface area contributed by atoms with Crippen LogP contribution in [0.25, 0.3) is 0 Å². The van der Waals surface area contributed by atoms with Gasteiger partial charge in [0.2, 0.25) is 6.08 Å². The number of nitrogens with zero attached hydrogens (tertiary/aromatic N) is 1. The zero-order valence-electron chi connectivity index (χ0n) is 6.96. The quantitative estimate of drug-likeness (QED) is 0.443. The molecule has 0 amide bonds. The Morgan fingerprint density at radius 2 is 2.36 bits per heavy atom. The molecule has 1 aliphatic rings. The highest BCUT2D eigenvalue weighted by atomic mass is 16.5. The predicted octanol–water partition coefficient (Wildman–Crippen LogP) is 1.14. The van der Waals surface area contributed by atoms with Crippen molar-refractivity contribution in [3.8, 4) is 0 Å². The second-order valence-corrected chi connectivity index (χ2v) is 3.42. The normalized spacial score (nSPS) is 24.7. The topological polar surface area (TPSA) is 38.7 Å². The minimum Gasteiger partial charge on any atom is -0.381 e. The standard InChI is InChI=1S/C8H13NO2/c1-8(2,9-6-10)7-3-4-11-5-7/h7H,3-5H2,1-2H3. The molecule has 0 bridgehead atoms. The smallest absolute Gasteiger partial charge is 0.235 e. The van der Waals surface area contributed by atoms with Crippen molar-refractivity contribution >= 4 is 6.08 Å². The predicted molar refractivity (Wildman–Crippen MR) is 41.1 cm³/mol. The second-order valence-electron chi connectivity index (χ2n) is 3.42. The Kier molecular flexibility index (Phi) is 2.42. The van der Waals surface area contributed by atoms with E-state index in [9.17, 15) is 4.79 Å². The lowest BCUT2D eigenvalue weighted by atomic mass is 9.88. The summed E-state index contributed by atoms with van der Waals surface area (Å²) in [5.41, 5.74) is -0.293. The number of aliphatic imine (C=N–C) groups is 1. The molecule has 1 heterocycles. The Bertz CT molecular complexity index is 177. The number of hydrogen-bond donors (Lipinski definition) is 0. The molecule has 1 atom stereocenters. The summed E-state index contributed by atoms with van der Waals surface area (Å²) >= 11 is 0.